The second kappa shape index (κ2) is 6.55. The zero-order valence-electron chi connectivity index (χ0n) is 9.87. The quantitative estimate of drug-likeness (QED) is 0.572. The molecule has 0 fully saturated rings. The van der Waals surface area contributed by atoms with Gasteiger partial charge in [0, 0.05) is 6.54 Å². The molecule has 0 saturated heterocycles. The molecule has 1 aromatic carbocycles. The topological polar surface area (TPSA) is 96.2 Å². The lowest BCUT2D eigenvalue weighted by Crippen LogP contribution is -2.51. The summed E-state index contributed by atoms with van der Waals surface area (Å²) in [5.41, 5.74) is 10.3. The van der Waals surface area contributed by atoms with E-state index in [0.717, 1.165) is 5.56 Å². The Hall–Kier alpha value is -2.15. The Morgan fingerprint density at radius 1 is 1.28 bits per heavy atom. The van der Waals surface area contributed by atoms with E-state index in [0.29, 0.717) is 0 Å². The molecule has 6 nitrogen and oxygen atoms in total. The summed E-state index contributed by atoms with van der Waals surface area (Å²) in [4.78, 5) is 22.3. The van der Waals surface area contributed by atoms with Crippen molar-refractivity contribution in [2.24, 2.45) is 5.73 Å². The van der Waals surface area contributed by atoms with Crippen LogP contribution in [0.2, 0.25) is 0 Å². The molecule has 0 aromatic heterocycles. The number of urea groups is 1. The zero-order valence-corrected chi connectivity index (χ0v) is 9.87. The highest BCUT2D eigenvalue weighted by Gasteiger charge is 2.07. The fraction of sp³-hybridized carbons (Fsp3) is 0.273. The van der Waals surface area contributed by atoms with Crippen LogP contribution in [0, 0.1) is 5.82 Å². The maximum atomic E-state index is 12.6. The van der Waals surface area contributed by atoms with Crippen molar-refractivity contribution >= 4 is 11.9 Å². The third-order valence-corrected chi connectivity index (χ3v) is 2.08. The number of hydrazine groups is 1. The largest absolute Gasteiger partial charge is 0.333 e. The van der Waals surface area contributed by atoms with E-state index in [-0.39, 0.29) is 12.4 Å². The second-order valence-electron chi connectivity index (χ2n) is 3.71. The summed E-state index contributed by atoms with van der Waals surface area (Å²) in [5, 5.41) is 2.48. The summed E-state index contributed by atoms with van der Waals surface area (Å²) in [7, 11) is 0. The number of amides is 3. The van der Waals surface area contributed by atoms with Gasteiger partial charge in [0.05, 0.1) is 6.04 Å². The average molecular weight is 254 g/mol. The van der Waals surface area contributed by atoms with Crippen LogP contribution < -0.4 is 21.9 Å². The number of hydrogen-bond acceptors (Lipinski definition) is 3. The molecule has 18 heavy (non-hydrogen) atoms. The molecule has 0 radical (unpaired) electrons. The summed E-state index contributed by atoms with van der Waals surface area (Å²) in [5.74, 6) is -0.834. The Balaban J connectivity index is 2.29. The molecule has 1 rings (SSSR count). The molecule has 98 valence electrons. The van der Waals surface area contributed by atoms with E-state index in [1.165, 1.54) is 19.1 Å². The van der Waals surface area contributed by atoms with E-state index in [2.05, 4.69) is 16.2 Å². The first kappa shape index (κ1) is 13.9. The van der Waals surface area contributed by atoms with E-state index >= 15 is 0 Å². The molecule has 3 amide bonds. The number of nitrogens with two attached hydrogens (primary N) is 1. The maximum absolute atomic E-state index is 12.6. The van der Waals surface area contributed by atoms with Crippen LogP contribution in [0.1, 0.15) is 12.5 Å². The molecule has 0 aliphatic heterocycles. The summed E-state index contributed by atoms with van der Waals surface area (Å²) in [6.07, 6.45) is 0. The fourth-order valence-corrected chi connectivity index (χ4v) is 1.06. The van der Waals surface area contributed by atoms with Crippen molar-refractivity contribution in [2.75, 3.05) is 0 Å². The van der Waals surface area contributed by atoms with Crippen LogP contribution in [0.3, 0.4) is 0 Å². The van der Waals surface area contributed by atoms with Crippen molar-refractivity contribution in [3.05, 3.63) is 35.6 Å². The van der Waals surface area contributed by atoms with Crippen molar-refractivity contribution in [1.82, 2.24) is 16.2 Å². The fourth-order valence-electron chi connectivity index (χ4n) is 1.06. The molecule has 0 bridgehead atoms. The first-order chi connectivity index (χ1) is 8.49. The maximum Gasteiger partial charge on any atom is 0.333 e. The standard InChI is InChI=1S/C11H15FN4O2/c1-7(13)10(17)15-16-11(18)14-6-8-2-4-9(12)5-3-8/h2-5,7H,6,13H2,1H3,(H,15,17)(H2,14,16,18). The number of benzene rings is 1. The van der Waals surface area contributed by atoms with Crippen molar-refractivity contribution in [2.45, 2.75) is 19.5 Å². The van der Waals surface area contributed by atoms with Crippen LogP contribution in [-0.2, 0) is 11.3 Å². The van der Waals surface area contributed by atoms with Crippen LogP contribution in [-0.4, -0.2) is 18.0 Å². The molecule has 0 saturated carbocycles. The van der Waals surface area contributed by atoms with Gasteiger partial charge in [0.2, 0.25) is 0 Å². The van der Waals surface area contributed by atoms with Gasteiger partial charge in [-0.25, -0.2) is 14.6 Å². The van der Waals surface area contributed by atoms with E-state index in [1.807, 2.05) is 0 Å². The minimum Gasteiger partial charge on any atom is -0.333 e. The first-order valence-electron chi connectivity index (χ1n) is 5.33. The Kier molecular flexibility index (Phi) is 5.06. The normalized spacial score (nSPS) is 11.5. The van der Waals surface area contributed by atoms with Gasteiger partial charge in [-0.3, -0.25) is 10.2 Å². The molecule has 1 aromatic rings. The zero-order chi connectivity index (χ0) is 13.5. The second-order valence-corrected chi connectivity index (χ2v) is 3.71. The minimum atomic E-state index is -0.706. The van der Waals surface area contributed by atoms with Crippen LogP contribution in [0.15, 0.2) is 24.3 Å². The third-order valence-electron chi connectivity index (χ3n) is 2.08. The van der Waals surface area contributed by atoms with Gasteiger partial charge in [0.25, 0.3) is 5.91 Å². The van der Waals surface area contributed by atoms with Crippen LogP contribution in [0.25, 0.3) is 0 Å². The summed E-state index contributed by atoms with van der Waals surface area (Å²) in [6.45, 7) is 1.72. The highest BCUT2D eigenvalue weighted by molar-refractivity contribution is 5.84. The van der Waals surface area contributed by atoms with Crippen LogP contribution >= 0.6 is 0 Å². The number of rotatable bonds is 3. The predicted molar refractivity (Wildman–Crippen MR) is 63.6 cm³/mol. The Bertz CT molecular complexity index is 420. The summed E-state index contributed by atoms with van der Waals surface area (Å²) < 4.78 is 12.6. The van der Waals surface area contributed by atoms with Gasteiger partial charge in [0.1, 0.15) is 5.82 Å². The molecular formula is C11H15FN4O2. The number of carbonyl (C=O) groups is 2. The van der Waals surface area contributed by atoms with Crippen molar-refractivity contribution < 1.29 is 14.0 Å². The highest BCUT2D eigenvalue weighted by Crippen LogP contribution is 2.01. The van der Waals surface area contributed by atoms with Gasteiger partial charge in [-0.05, 0) is 24.6 Å². The number of nitrogens with one attached hydrogen (secondary N) is 3. The molecule has 1 unspecified atom stereocenters. The van der Waals surface area contributed by atoms with Crippen molar-refractivity contribution in [3.63, 3.8) is 0 Å². The van der Waals surface area contributed by atoms with Crippen molar-refractivity contribution in [3.8, 4) is 0 Å². The van der Waals surface area contributed by atoms with E-state index in [9.17, 15) is 14.0 Å². The number of halogens is 1. The van der Waals surface area contributed by atoms with Gasteiger partial charge in [-0.15, -0.1) is 0 Å². The van der Waals surface area contributed by atoms with Crippen LogP contribution in [0.4, 0.5) is 9.18 Å². The Morgan fingerprint density at radius 2 is 1.89 bits per heavy atom. The first-order valence-corrected chi connectivity index (χ1v) is 5.33. The monoisotopic (exact) mass is 254 g/mol. The van der Waals surface area contributed by atoms with Gasteiger partial charge in [-0.2, -0.15) is 0 Å². The van der Waals surface area contributed by atoms with Gasteiger partial charge >= 0.3 is 6.03 Å². The lowest BCUT2D eigenvalue weighted by molar-refractivity contribution is -0.122. The average Bonchev–Trinajstić information content (AvgIpc) is 2.35. The molecule has 7 heteroatoms. The summed E-state index contributed by atoms with van der Waals surface area (Å²) >= 11 is 0. The smallest absolute Gasteiger partial charge is 0.333 e. The van der Waals surface area contributed by atoms with Crippen LogP contribution in [0.5, 0.6) is 0 Å². The Labute approximate surface area is 104 Å². The Morgan fingerprint density at radius 3 is 2.44 bits per heavy atom. The molecule has 1 atom stereocenters. The third kappa shape index (κ3) is 4.79. The van der Waals surface area contributed by atoms with E-state index < -0.39 is 18.0 Å². The number of carbonyl (C=O) groups excluding carboxylic acids is 2. The lowest BCUT2D eigenvalue weighted by atomic mass is 10.2. The molecule has 5 N–H and O–H groups in total. The molecule has 0 aliphatic rings. The molecular weight excluding hydrogens is 239 g/mol. The van der Waals surface area contributed by atoms with E-state index in [1.54, 1.807) is 12.1 Å². The van der Waals surface area contributed by atoms with Crippen molar-refractivity contribution in [1.29, 1.82) is 0 Å². The van der Waals surface area contributed by atoms with E-state index in [4.69, 9.17) is 5.73 Å². The highest BCUT2D eigenvalue weighted by atomic mass is 19.1. The molecule has 0 aliphatic carbocycles. The molecule has 0 spiro atoms. The molecule has 0 heterocycles. The van der Waals surface area contributed by atoms with Gasteiger partial charge < -0.3 is 11.1 Å². The predicted octanol–water partition coefficient (Wildman–Crippen LogP) is 0.00330. The van der Waals surface area contributed by atoms with Gasteiger partial charge in [-0.1, -0.05) is 12.1 Å². The number of hydrogen-bond donors (Lipinski definition) is 4. The van der Waals surface area contributed by atoms with Gasteiger partial charge in [0.15, 0.2) is 0 Å². The summed E-state index contributed by atoms with van der Waals surface area (Å²) in [6, 6.07) is 4.42. The SMILES string of the molecule is CC(N)C(=O)NNC(=O)NCc1ccc(F)cc1. The lowest BCUT2D eigenvalue weighted by Gasteiger charge is -2.10. The minimum absolute atomic E-state index is 0.222.